The van der Waals surface area contributed by atoms with Crippen LogP contribution in [0.25, 0.3) is 0 Å². The summed E-state index contributed by atoms with van der Waals surface area (Å²) in [6.07, 6.45) is 3.26. The normalized spacial score (nSPS) is 19.1. The molecule has 1 unspecified atom stereocenters. The standard InChI is InChI=1S/C21H25N3O5S/c1-3-29-21(26)19-13-16(14-22(19)2)30(27,28)24-11-6-9-18(24)20(25)23-12-10-15-7-4-5-8-17(15)23/h4-5,7-8,13-14,18H,3,6,9-12H2,1-2H3. The Labute approximate surface area is 176 Å². The highest BCUT2D eigenvalue weighted by atomic mass is 32.2. The second-order valence-electron chi connectivity index (χ2n) is 7.53. The molecule has 2 aliphatic rings. The first-order valence-electron chi connectivity index (χ1n) is 10.1. The summed E-state index contributed by atoms with van der Waals surface area (Å²) in [6.45, 7) is 2.72. The third-order valence-corrected chi connectivity index (χ3v) is 7.59. The Morgan fingerprint density at radius 1 is 1.20 bits per heavy atom. The molecule has 0 N–H and O–H groups in total. The summed E-state index contributed by atoms with van der Waals surface area (Å²) in [5, 5.41) is 0. The van der Waals surface area contributed by atoms with Crippen LogP contribution in [0.5, 0.6) is 0 Å². The average molecular weight is 432 g/mol. The highest BCUT2D eigenvalue weighted by Gasteiger charge is 2.43. The summed E-state index contributed by atoms with van der Waals surface area (Å²) >= 11 is 0. The number of sulfonamides is 1. The number of fused-ring (bicyclic) bond motifs is 1. The summed E-state index contributed by atoms with van der Waals surface area (Å²) in [7, 11) is -2.34. The van der Waals surface area contributed by atoms with Gasteiger partial charge in [0.15, 0.2) is 0 Å². The molecule has 2 aliphatic heterocycles. The molecule has 30 heavy (non-hydrogen) atoms. The van der Waals surface area contributed by atoms with Crippen LogP contribution in [0.3, 0.4) is 0 Å². The molecule has 1 aromatic carbocycles. The summed E-state index contributed by atoms with van der Waals surface area (Å²) in [5.74, 6) is -0.772. The largest absolute Gasteiger partial charge is 0.461 e. The van der Waals surface area contributed by atoms with Gasteiger partial charge in [0.05, 0.1) is 6.61 Å². The van der Waals surface area contributed by atoms with Crippen molar-refractivity contribution in [1.29, 1.82) is 0 Å². The number of hydrogen-bond acceptors (Lipinski definition) is 5. The van der Waals surface area contributed by atoms with Gasteiger partial charge >= 0.3 is 5.97 Å². The highest BCUT2D eigenvalue weighted by molar-refractivity contribution is 7.89. The number of benzene rings is 1. The first kappa shape index (κ1) is 20.6. The molecule has 1 atom stereocenters. The molecule has 2 aromatic rings. The molecule has 4 rings (SSSR count). The summed E-state index contributed by atoms with van der Waals surface area (Å²) in [6, 6.07) is 8.29. The van der Waals surface area contributed by atoms with Gasteiger partial charge in [0.2, 0.25) is 15.9 Å². The van der Waals surface area contributed by atoms with E-state index in [9.17, 15) is 18.0 Å². The van der Waals surface area contributed by atoms with E-state index in [0.717, 1.165) is 17.7 Å². The number of anilines is 1. The van der Waals surface area contributed by atoms with Gasteiger partial charge in [0.1, 0.15) is 16.6 Å². The number of aromatic nitrogens is 1. The van der Waals surface area contributed by atoms with Gasteiger partial charge in [-0.2, -0.15) is 4.31 Å². The van der Waals surface area contributed by atoms with Gasteiger partial charge in [-0.05, 0) is 43.9 Å². The third-order valence-electron chi connectivity index (χ3n) is 5.71. The number of esters is 1. The van der Waals surface area contributed by atoms with Crippen LogP contribution in [0.2, 0.25) is 0 Å². The number of carbonyl (C=O) groups excluding carboxylic acids is 2. The Bertz CT molecular complexity index is 1090. The number of para-hydroxylation sites is 1. The van der Waals surface area contributed by atoms with E-state index in [-0.39, 0.29) is 29.6 Å². The smallest absolute Gasteiger partial charge is 0.354 e. The number of hydrogen-bond donors (Lipinski definition) is 0. The molecule has 160 valence electrons. The molecular weight excluding hydrogens is 406 g/mol. The second-order valence-corrected chi connectivity index (χ2v) is 9.43. The molecule has 0 spiro atoms. The van der Waals surface area contributed by atoms with Crippen molar-refractivity contribution < 1.29 is 22.7 Å². The Hall–Kier alpha value is -2.65. The van der Waals surface area contributed by atoms with E-state index in [0.29, 0.717) is 19.4 Å². The van der Waals surface area contributed by atoms with E-state index in [1.807, 2.05) is 24.3 Å². The van der Waals surface area contributed by atoms with E-state index in [2.05, 4.69) is 0 Å². The summed E-state index contributed by atoms with van der Waals surface area (Å²) < 4.78 is 34.4. The molecule has 0 aliphatic carbocycles. The lowest BCUT2D eigenvalue weighted by Crippen LogP contribution is -2.47. The van der Waals surface area contributed by atoms with Crippen LogP contribution in [-0.4, -0.2) is 54.9 Å². The molecule has 8 nitrogen and oxygen atoms in total. The lowest BCUT2D eigenvalue weighted by Gasteiger charge is -2.27. The lowest BCUT2D eigenvalue weighted by molar-refractivity contribution is -0.121. The zero-order valence-corrected chi connectivity index (χ0v) is 17.9. The summed E-state index contributed by atoms with van der Waals surface area (Å²) in [4.78, 5) is 27.1. The number of ether oxygens (including phenoxy) is 1. The number of carbonyl (C=O) groups is 2. The Balaban J connectivity index is 1.61. The number of rotatable bonds is 5. The average Bonchev–Trinajstić information content (AvgIpc) is 3.45. The molecule has 3 heterocycles. The number of aryl methyl sites for hydroxylation is 1. The molecule has 1 fully saturated rings. The molecule has 9 heteroatoms. The van der Waals surface area contributed by atoms with Gasteiger partial charge in [0.25, 0.3) is 0 Å². The molecule has 1 aromatic heterocycles. The van der Waals surface area contributed by atoms with Crippen LogP contribution in [0.1, 0.15) is 35.8 Å². The van der Waals surface area contributed by atoms with Crippen LogP contribution in [0, 0.1) is 0 Å². The van der Waals surface area contributed by atoms with Crippen LogP contribution in [0.15, 0.2) is 41.4 Å². The highest BCUT2D eigenvalue weighted by Crippen LogP contribution is 2.33. The maximum atomic E-state index is 13.3. The maximum Gasteiger partial charge on any atom is 0.354 e. The van der Waals surface area contributed by atoms with Crippen LogP contribution >= 0.6 is 0 Å². The van der Waals surface area contributed by atoms with E-state index < -0.39 is 22.0 Å². The fraction of sp³-hybridized carbons (Fsp3) is 0.429. The minimum absolute atomic E-state index is 0.00502. The minimum Gasteiger partial charge on any atom is -0.461 e. The number of amides is 1. The first-order chi connectivity index (χ1) is 14.3. The molecule has 0 saturated carbocycles. The van der Waals surface area contributed by atoms with Crippen molar-refractivity contribution in [2.75, 3.05) is 24.6 Å². The zero-order chi connectivity index (χ0) is 21.5. The van der Waals surface area contributed by atoms with Crippen LogP contribution in [0.4, 0.5) is 5.69 Å². The molecule has 0 bridgehead atoms. The van der Waals surface area contributed by atoms with Crippen molar-refractivity contribution in [2.45, 2.75) is 37.1 Å². The molecular formula is C21H25N3O5S. The van der Waals surface area contributed by atoms with Crippen molar-refractivity contribution in [2.24, 2.45) is 7.05 Å². The van der Waals surface area contributed by atoms with Crippen molar-refractivity contribution >= 4 is 27.6 Å². The zero-order valence-electron chi connectivity index (χ0n) is 17.1. The quantitative estimate of drug-likeness (QED) is 0.675. The van der Waals surface area contributed by atoms with Crippen molar-refractivity contribution in [3.8, 4) is 0 Å². The minimum atomic E-state index is -3.93. The van der Waals surface area contributed by atoms with Gasteiger partial charge < -0.3 is 14.2 Å². The van der Waals surface area contributed by atoms with Crippen molar-refractivity contribution in [3.05, 3.63) is 47.8 Å². The van der Waals surface area contributed by atoms with E-state index in [1.54, 1.807) is 18.9 Å². The SMILES string of the molecule is CCOC(=O)c1cc(S(=O)(=O)N2CCCC2C(=O)N2CCc3ccccc32)cn1C. The van der Waals surface area contributed by atoms with Gasteiger partial charge in [-0.3, -0.25) is 4.79 Å². The lowest BCUT2D eigenvalue weighted by atomic mass is 10.1. The fourth-order valence-corrected chi connectivity index (χ4v) is 5.96. The van der Waals surface area contributed by atoms with Crippen LogP contribution < -0.4 is 4.90 Å². The first-order valence-corrected chi connectivity index (χ1v) is 11.5. The maximum absolute atomic E-state index is 13.3. The van der Waals surface area contributed by atoms with Crippen molar-refractivity contribution in [3.63, 3.8) is 0 Å². The van der Waals surface area contributed by atoms with Gasteiger partial charge in [0, 0.05) is 32.0 Å². The van der Waals surface area contributed by atoms with E-state index >= 15 is 0 Å². The predicted octanol–water partition coefficient (Wildman–Crippen LogP) is 1.94. The third kappa shape index (κ3) is 3.41. The fourth-order valence-electron chi connectivity index (χ4n) is 4.24. The Morgan fingerprint density at radius 2 is 1.97 bits per heavy atom. The molecule has 1 saturated heterocycles. The van der Waals surface area contributed by atoms with Gasteiger partial charge in [-0.1, -0.05) is 18.2 Å². The summed E-state index contributed by atoms with van der Waals surface area (Å²) in [5.41, 5.74) is 2.11. The van der Waals surface area contributed by atoms with Gasteiger partial charge in [-0.25, -0.2) is 13.2 Å². The number of nitrogens with zero attached hydrogens (tertiary/aromatic N) is 3. The molecule has 1 amide bonds. The predicted molar refractivity (Wildman–Crippen MR) is 111 cm³/mol. The van der Waals surface area contributed by atoms with Crippen molar-refractivity contribution in [1.82, 2.24) is 8.87 Å². The van der Waals surface area contributed by atoms with E-state index in [4.69, 9.17) is 4.74 Å². The topological polar surface area (TPSA) is 88.9 Å². The van der Waals surface area contributed by atoms with Gasteiger partial charge in [-0.15, -0.1) is 0 Å². The monoisotopic (exact) mass is 431 g/mol. The Kier molecular flexibility index (Phi) is 5.42. The van der Waals surface area contributed by atoms with Crippen LogP contribution in [-0.2, 0) is 33.0 Å². The van der Waals surface area contributed by atoms with E-state index in [1.165, 1.54) is 21.1 Å². The Morgan fingerprint density at radius 3 is 2.73 bits per heavy atom. The molecule has 0 radical (unpaired) electrons. The second kappa shape index (κ2) is 7.88.